The van der Waals surface area contributed by atoms with Gasteiger partial charge in [0.05, 0.1) is 23.4 Å². The number of benzene rings is 1. The lowest BCUT2D eigenvalue weighted by Gasteiger charge is -2.07. The Kier molecular flexibility index (Phi) is 6.04. The Bertz CT molecular complexity index is 1120. The fourth-order valence-electron chi connectivity index (χ4n) is 2.55. The van der Waals surface area contributed by atoms with E-state index in [1.54, 1.807) is 37.3 Å². The van der Waals surface area contributed by atoms with Crippen molar-refractivity contribution in [2.24, 2.45) is 4.99 Å². The van der Waals surface area contributed by atoms with E-state index >= 15 is 0 Å². The normalized spacial score (nSPS) is 11.2. The van der Waals surface area contributed by atoms with Gasteiger partial charge in [0.2, 0.25) is 5.95 Å². The zero-order valence-electron chi connectivity index (χ0n) is 16.5. The van der Waals surface area contributed by atoms with Gasteiger partial charge < -0.3 is 15.0 Å². The second-order valence-corrected chi connectivity index (χ2v) is 7.40. The van der Waals surface area contributed by atoms with Gasteiger partial charge in [-0.2, -0.15) is 0 Å². The number of hydrogen-bond donors (Lipinski definition) is 1. The van der Waals surface area contributed by atoms with E-state index < -0.39 is 0 Å². The number of anilines is 2. The van der Waals surface area contributed by atoms with Gasteiger partial charge in [-0.3, -0.25) is 9.79 Å². The van der Waals surface area contributed by atoms with Crippen molar-refractivity contribution in [1.82, 2.24) is 14.9 Å². The first-order valence-electron chi connectivity index (χ1n) is 8.68. The number of aliphatic imine (C=N–C) groups is 1. The van der Waals surface area contributed by atoms with Crippen molar-refractivity contribution in [3.8, 4) is 0 Å². The molecule has 7 nitrogen and oxygen atoms in total. The van der Waals surface area contributed by atoms with Crippen LogP contribution in [0.4, 0.5) is 11.6 Å². The van der Waals surface area contributed by atoms with Gasteiger partial charge in [-0.1, -0.05) is 6.58 Å². The van der Waals surface area contributed by atoms with Gasteiger partial charge in [-0.05, 0) is 42.4 Å². The molecule has 0 atom stereocenters. The van der Waals surface area contributed by atoms with E-state index in [-0.39, 0.29) is 5.91 Å². The third kappa shape index (κ3) is 4.67. The van der Waals surface area contributed by atoms with Gasteiger partial charge in [0, 0.05) is 36.8 Å². The van der Waals surface area contributed by atoms with Crippen LogP contribution in [0.1, 0.15) is 15.4 Å². The molecule has 1 aromatic carbocycles. The maximum Gasteiger partial charge on any atom is 0.263 e. The number of ether oxygens (including phenoxy) is 1. The lowest BCUT2D eigenvalue weighted by molar-refractivity contribution is 0.0832. The summed E-state index contributed by atoms with van der Waals surface area (Å²) in [7, 11) is 5.02. The monoisotopic (exact) mass is 407 g/mol. The van der Waals surface area contributed by atoms with Gasteiger partial charge >= 0.3 is 0 Å². The molecule has 1 N–H and O–H groups in total. The summed E-state index contributed by atoms with van der Waals surface area (Å²) < 4.78 is 6.10. The predicted molar refractivity (Wildman–Crippen MR) is 119 cm³/mol. The van der Waals surface area contributed by atoms with Crippen molar-refractivity contribution in [3.63, 3.8) is 0 Å². The van der Waals surface area contributed by atoms with Crippen LogP contribution in [0.2, 0.25) is 0 Å². The first-order valence-corrected chi connectivity index (χ1v) is 9.50. The van der Waals surface area contributed by atoms with Crippen molar-refractivity contribution in [2.45, 2.75) is 0 Å². The standard InChI is InChI=1S/C21H21N5O2S/c1-13(28-5)10-17(22-2)16-8-9-23-21(25-16)24-15-6-7-18-14(11-15)12-19(29-18)20(27)26(3)4/h6-12H,1-2H2,3-5H3,(H,23,24,25)/b17-10-. The summed E-state index contributed by atoms with van der Waals surface area (Å²) in [5, 5.41) is 4.17. The van der Waals surface area contributed by atoms with E-state index in [2.05, 4.69) is 33.6 Å². The first-order chi connectivity index (χ1) is 13.9. The number of carbonyl (C=O) groups is 1. The minimum absolute atomic E-state index is 0.00867. The molecular weight excluding hydrogens is 386 g/mol. The summed E-state index contributed by atoms with van der Waals surface area (Å²) in [5.74, 6) is 0.858. The largest absolute Gasteiger partial charge is 0.497 e. The number of hydrogen-bond acceptors (Lipinski definition) is 7. The molecule has 0 saturated heterocycles. The molecule has 8 heteroatoms. The van der Waals surface area contributed by atoms with Gasteiger partial charge in [-0.25, -0.2) is 9.97 Å². The highest BCUT2D eigenvalue weighted by atomic mass is 32.1. The molecule has 0 aliphatic rings. The molecule has 1 amide bonds. The van der Waals surface area contributed by atoms with Crippen LogP contribution < -0.4 is 5.32 Å². The first kappa shape index (κ1) is 20.2. The van der Waals surface area contributed by atoms with Crippen molar-refractivity contribution < 1.29 is 9.53 Å². The summed E-state index contributed by atoms with van der Waals surface area (Å²) in [5.41, 5.74) is 1.93. The number of aromatic nitrogens is 2. The van der Waals surface area contributed by atoms with Gasteiger partial charge in [0.15, 0.2) is 0 Å². The Morgan fingerprint density at radius 1 is 1.31 bits per heavy atom. The molecule has 2 heterocycles. The minimum Gasteiger partial charge on any atom is -0.497 e. The Labute approximate surface area is 173 Å². The molecule has 0 bridgehead atoms. The van der Waals surface area contributed by atoms with Crippen molar-refractivity contribution >= 4 is 51.4 Å². The summed E-state index contributed by atoms with van der Waals surface area (Å²) in [6.45, 7) is 7.34. The summed E-state index contributed by atoms with van der Waals surface area (Å²) in [4.78, 5) is 27.2. The highest BCUT2D eigenvalue weighted by Crippen LogP contribution is 2.29. The van der Waals surface area contributed by atoms with E-state index in [4.69, 9.17) is 4.74 Å². The SMILES string of the molecule is C=N/C(=C\C(=C)OC)c1ccnc(Nc2ccc3sc(C(=O)N(C)C)cc3c2)n1. The number of rotatable bonds is 7. The molecule has 0 unspecified atom stereocenters. The molecular formula is C21H21N5O2S. The molecule has 0 radical (unpaired) electrons. The van der Waals surface area contributed by atoms with Crippen LogP contribution >= 0.6 is 11.3 Å². The van der Waals surface area contributed by atoms with Crippen LogP contribution in [0, 0.1) is 0 Å². The van der Waals surface area contributed by atoms with Gasteiger partial charge in [0.25, 0.3) is 5.91 Å². The molecule has 3 aromatic rings. The second kappa shape index (κ2) is 8.66. The quantitative estimate of drug-likeness (QED) is 0.358. The molecule has 29 heavy (non-hydrogen) atoms. The van der Waals surface area contributed by atoms with Gasteiger partial charge in [-0.15, -0.1) is 11.3 Å². The zero-order valence-corrected chi connectivity index (χ0v) is 17.3. The van der Waals surface area contributed by atoms with Crippen LogP contribution in [0.3, 0.4) is 0 Å². The molecule has 0 saturated carbocycles. The second-order valence-electron chi connectivity index (χ2n) is 6.31. The zero-order chi connectivity index (χ0) is 21.0. The average Bonchev–Trinajstić information content (AvgIpc) is 3.14. The van der Waals surface area contributed by atoms with Crippen LogP contribution in [0.5, 0.6) is 0 Å². The molecule has 0 spiro atoms. The van der Waals surface area contributed by atoms with E-state index in [0.717, 1.165) is 15.8 Å². The number of nitrogens with zero attached hydrogens (tertiary/aromatic N) is 4. The third-order valence-electron chi connectivity index (χ3n) is 4.04. The Balaban J connectivity index is 1.87. The molecule has 0 fully saturated rings. The average molecular weight is 407 g/mol. The van der Waals surface area contributed by atoms with E-state index in [1.807, 2.05) is 24.3 Å². The maximum atomic E-state index is 12.2. The topological polar surface area (TPSA) is 79.7 Å². The van der Waals surface area contributed by atoms with Gasteiger partial charge in [0.1, 0.15) is 5.76 Å². The molecule has 0 aliphatic carbocycles. The number of carbonyl (C=O) groups excluding carboxylic acids is 1. The van der Waals surface area contributed by atoms with E-state index in [9.17, 15) is 4.79 Å². The van der Waals surface area contributed by atoms with Crippen LogP contribution in [-0.2, 0) is 4.74 Å². The summed E-state index contributed by atoms with van der Waals surface area (Å²) >= 11 is 1.47. The molecule has 148 valence electrons. The number of amides is 1. The lowest BCUT2D eigenvalue weighted by Crippen LogP contribution is -2.20. The lowest BCUT2D eigenvalue weighted by atomic mass is 10.2. The highest BCUT2D eigenvalue weighted by molar-refractivity contribution is 7.20. The molecule has 2 aromatic heterocycles. The number of nitrogens with one attached hydrogen (secondary N) is 1. The number of allylic oxidation sites excluding steroid dienone is 1. The number of fused-ring (bicyclic) bond motifs is 1. The smallest absolute Gasteiger partial charge is 0.263 e. The number of thiophene rings is 1. The fourth-order valence-corrected chi connectivity index (χ4v) is 3.61. The third-order valence-corrected chi connectivity index (χ3v) is 5.14. The Morgan fingerprint density at radius 2 is 2.10 bits per heavy atom. The number of methoxy groups -OCH3 is 1. The van der Waals surface area contributed by atoms with E-state index in [1.165, 1.54) is 18.4 Å². The van der Waals surface area contributed by atoms with E-state index in [0.29, 0.717) is 28.0 Å². The van der Waals surface area contributed by atoms with Crippen LogP contribution in [0.15, 0.2) is 59.9 Å². The Morgan fingerprint density at radius 3 is 2.79 bits per heavy atom. The maximum absolute atomic E-state index is 12.2. The molecule has 3 rings (SSSR count). The van der Waals surface area contributed by atoms with Crippen molar-refractivity contribution in [1.29, 1.82) is 0 Å². The van der Waals surface area contributed by atoms with Crippen LogP contribution in [-0.4, -0.2) is 48.7 Å². The Hall–Kier alpha value is -3.52. The summed E-state index contributed by atoms with van der Waals surface area (Å²) in [6, 6.07) is 9.48. The van der Waals surface area contributed by atoms with Crippen molar-refractivity contribution in [3.05, 3.63) is 65.5 Å². The highest BCUT2D eigenvalue weighted by Gasteiger charge is 2.12. The van der Waals surface area contributed by atoms with Crippen LogP contribution in [0.25, 0.3) is 15.8 Å². The minimum atomic E-state index is -0.00867. The summed E-state index contributed by atoms with van der Waals surface area (Å²) in [6.07, 6.45) is 3.29. The van der Waals surface area contributed by atoms with Crippen molar-refractivity contribution in [2.75, 3.05) is 26.5 Å². The molecule has 0 aliphatic heterocycles. The fraction of sp³-hybridized carbons (Fsp3) is 0.143. The predicted octanol–water partition coefficient (Wildman–Crippen LogP) is 4.34.